The summed E-state index contributed by atoms with van der Waals surface area (Å²) in [6, 6.07) is 3.63. The van der Waals surface area contributed by atoms with Crippen molar-refractivity contribution in [3.05, 3.63) is 48.3 Å². The molecule has 1 saturated carbocycles. The fourth-order valence-electron chi connectivity index (χ4n) is 3.27. The van der Waals surface area contributed by atoms with Crippen LogP contribution in [-0.4, -0.2) is 20.6 Å². The van der Waals surface area contributed by atoms with Gasteiger partial charge in [-0.05, 0) is 37.5 Å². The molecule has 6 nitrogen and oxygen atoms in total. The van der Waals surface area contributed by atoms with Gasteiger partial charge in [0.2, 0.25) is 0 Å². The Labute approximate surface area is 160 Å². The van der Waals surface area contributed by atoms with E-state index in [1.807, 2.05) is 19.1 Å². The Kier molecular flexibility index (Phi) is 7.86. The molecule has 1 fully saturated rings. The molecule has 0 radical (unpaired) electrons. The van der Waals surface area contributed by atoms with Gasteiger partial charge >= 0.3 is 6.03 Å². The third kappa shape index (κ3) is 4.71. The summed E-state index contributed by atoms with van der Waals surface area (Å²) in [6.07, 6.45) is 12.1. The van der Waals surface area contributed by atoms with Crippen LogP contribution in [0.1, 0.15) is 56.3 Å². The van der Waals surface area contributed by atoms with Gasteiger partial charge in [-0.3, -0.25) is 9.55 Å². The maximum Gasteiger partial charge on any atom is 0.327 e. The van der Waals surface area contributed by atoms with E-state index < -0.39 is 0 Å². The van der Waals surface area contributed by atoms with E-state index in [1.54, 1.807) is 18.6 Å². The summed E-state index contributed by atoms with van der Waals surface area (Å²) >= 11 is 0. The molecule has 2 aromatic heterocycles. The first-order chi connectivity index (χ1) is 11.1. The van der Waals surface area contributed by atoms with E-state index in [-0.39, 0.29) is 42.4 Å². The zero-order chi connectivity index (χ0) is 16.3. The molecule has 0 aromatic carbocycles. The third-order valence-electron chi connectivity index (χ3n) is 4.59. The lowest BCUT2D eigenvalue weighted by atomic mass is 9.77. The van der Waals surface area contributed by atoms with Crippen LogP contribution in [-0.2, 0) is 5.54 Å². The Balaban J connectivity index is 0.00000156. The Morgan fingerprint density at radius 3 is 2.44 bits per heavy atom. The molecule has 0 saturated heterocycles. The number of imidazole rings is 1. The van der Waals surface area contributed by atoms with Crippen LogP contribution in [0.2, 0.25) is 0 Å². The lowest BCUT2D eigenvalue weighted by Gasteiger charge is -2.38. The highest BCUT2D eigenvalue weighted by Gasteiger charge is 2.35. The molecule has 0 unspecified atom stereocenters. The Hall–Kier alpha value is -1.63. The molecule has 1 aliphatic rings. The van der Waals surface area contributed by atoms with Crippen molar-refractivity contribution in [2.24, 2.45) is 5.73 Å². The van der Waals surface area contributed by atoms with Crippen LogP contribution in [0.5, 0.6) is 0 Å². The van der Waals surface area contributed by atoms with E-state index in [0.29, 0.717) is 5.69 Å². The van der Waals surface area contributed by atoms with Crippen LogP contribution in [0.15, 0.2) is 37.1 Å². The number of aromatic nitrogens is 3. The molecule has 0 bridgehead atoms. The van der Waals surface area contributed by atoms with Crippen molar-refractivity contribution in [1.29, 1.82) is 0 Å². The minimum absolute atomic E-state index is 0. The topological polar surface area (TPSA) is 85.8 Å². The van der Waals surface area contributed by atoms with Crippen molar-refractivity contribution in [2.45, 2.75) is 50.6 Å². The van der Waals surface area contributed by atoms with Gasteiger partial charge in [-0.1, -0.05) is 19.3 Å². The maximum atomic E-state index is 12.7. The lowest BCUT2D eigenvalue weighted by Crippen LogP contribution is -2.48. The summed E-state index contributed by atoms with van der Waals surface area (Å²) in [6.45, 7) is 1.85. The second-order valence-electron chi connectivity index (χ2n) is 6.30. The van der Waals surface area contributed by atoms with Gasteiger partial charge in [-0.25, -0.2) is 9.78 Å². The monoisotopic (exact) mass is 385 g/mol. The molecule has 2 heterocycles. The summed E-state index contributed by atoms with van der Waals surface area (Å²) in [7, 11) is 0. The summed E-state index contributed by atoms with van der Waals surface area (Å²) < 4.78 is 1.48. The van der Waals surface area contributed by atoms with Gasteiger partial charge in [-0.2, -0.15) is 0 Å². The lowest BCUT2D eigenvalue weighted by molar-refractivity contribution is 0.204. The predicted octanol–water partition coefficient (Wildman–Crippen LogP) is 3.56. The van der Waals surface area contributed by atoms with Crippen molar-refractivity contribution < 1.29 is 4.79 Å². The fourth-order valence-corrected chi connectivity index (χ4v) is 3.27. The van der Waals surface area contributed by atoms with Gasteiger partial charge in [0.1, 0.15) is 6.33 Å². The van der Waals surface area contributed by atoms with Gasteiger partial charge < -0.3 is 11.1 Å². The Morgan fingerprint density at radius 1 is 1.24 bits per heavy atom. The molecule has 3 N–H and O–H groups in total. The normalized spacial score (nSPS) is 16.9. The average molecular weight is 386 g/mol. The SMILES string of the molecule is C[C@@H](N)c1cn(C(=O)NC2(c3ccncc3)CCCCC2)cn1.Cl.Cl. The van der Waals surface area contributed by atoms with Crippen LogP contribution >= 0.6 is 24.8 Å². The number of nitrogens with zero attached hydrogens (tertiary/aromatic N) is 3. The maximum absolute atomic E-state index is 12.7. The van der Waals surface area contributed by atoms with E-state index >= 15 is 0 Å². The quantitative estimate of drug-likeness (QED) is 0.845. The highest BCUT2D eigenvalue weighted by molar-refractivity contribution is 5.85. The molecule has 1 aliphatic carbocycles. The van der Waals surface area contributed by atoms with Gasteiger partial charge in [0.15, 0.2) is 0 Å². The minimum atomic E-state index is -0.322. The molecule has 8 heteroatoms. The highest BCUT2D eigenvalue weighted by atomic mass is 35.5. The molecular formula is C17H25Cl2N5O. The highest BCUT2D eigenvalue weighted by Crippen LogP contribution is 2.37. The molecule has 0 spiro atoms. The number of nitrogens with one attached hydrogen (secondary N) is 1. The summed E-state index contributed by atoms with van der Waals surface area (Å²) in [5.74, 6) is 0. The van der Waals surface area contributed by atoms with Crippen molar-refractivity contribution in [1.82, 2.24) is 19.9 Å². The molecule has 3 rings (SSSR count). The second-order valence-corrected chi connectivity index (χ2v) is 6.30. The predicted molar refractivity (Wildman–Crippen MR) is 102 cm³/mol. The standard InChI is InChI=1S/C17H23N5O.2ClH/c1-13(18)15-11-22(12-20-15)16(23)21-17(7-3-2-4-8-17)14-5-9-19-10-6-14;;/h5-6,9-13H,2-4,7-8,18H2,1H3,(H,21,23);2*1H/t13-;;/m1../s1. The molecule has 25 heavy (non-hydrogen) atoms. The van der Waals surface area contributed by atoms with E-state index in [4.69, 9.17) is 5.73 Å². The first-order valence-electron chi connectivity index (χ1n) is 8.13. The number of carbonyl (C=O) groups is 1. The summed E-state index contributed by atoms with van der Waals surface area (Å²) in [4.78, 5) is 21.0. The molecule has 1 amide bonds. The van der Waals surface area contributed by atoms with Crippen LogP contribution in [0.3, 0.4) is 0 Å². The van der Waals surface area contributed by atoms with Crippen molar-refractivity contribution >= 4 is 30.8 Å². The average Bonchev–Trinajstić information content (AvgIpc) is 3.07. The number of hydrogen-bond acceptors (Lipinski definition) is 4. The smallest absolute Gasteiger partial charge is 0.327 e. The fraction of sp³-hybridized carbons (Fsp3) is 0.471. The summed E-state index contributed by atoms with van der Waals surface area (Å²) in [5.41, 5.74) is 7.32. The third-order valence-corrected chi connectivity index (χ3v) is 4.59. The van der Waals surface area contributed by atoms with Crippen LogP contribution < -0.4 is 11.1 Å². The molecule has 2 aromatic rings. The number of rotatable bonds is 3. The minimum Gasteiger partial charge on any atom is -0.328 e. The number of amides is 1. The number of nitrogens with two attached hydrogens (primary N) is 1. The first-order valence-corrected chi connectivity index (χ1v) is 8.13. The Morgan fingerprint density at radius 2 is 1.88 bits per heavy atom. The van der Waals surface area contributed by atoms with Gasteiger partial charge in [-0.15, -0.1) is 24.8 Å². The molecule has 1 atom stereocenters. The molecule has 0 aliphatic heterocycles. The van der Waals surface area contributed by atoms with E-state index in [9.17, 15) is 4.79 Å². The number of halogens is 2. The van der Waals surface area contributed by atoms with Crippen molar-refractivity contribution in [3.8, 4) is 0 Å². The van der Waals surface area contributed by atoms with Crippen molar-refractivity contribution in [2.75, 3.05) is 0 Å². The summed E-state index contributed by atoms with van der Waals surface area (Å²) in [5, 5.41) is 3.23. The second kappa shape index (κ2) is 9.17. The van der Waals surface area contributed by atoms with Crippen LogP contribution in [0.25, 0.3) is 0 Å². The largest absolute Gasteiger partial charge is 0.328 e. The number of hydrogen-bond donors (Lipinski definition) is 2. The van der Waals surface area contributed by atoms with E-state index in [1.165, 1.54) is 17.3 Å². The van der Waals surface area contributed by atoms with Gasteiger partial charge in [0.25, 0.3) is 0 Å². The van der Waals surface area contributed by atoms with Crippen LogP contribution in [0, 0.1) is 0 Å². The van der Waals surface area contributed by atoms with Crippen LogP contribution in [0.4, 0.5) is 4.79 Å². The molecule has 138 valence electrons. The first kappa shape index (κ1) is 21.4. The number of pyridine rings is 1. The molecular weight excluding hydrogens is 361 g/mol. The van der Waals surface area contributed by atoms with E-state index in [2.05, 4.69) is 15.3 Å². The number of carbonyl (C=O) groups excluding carboxylic acids is 1. The van der Waals surface area contributed by atoms with Gasteiger partial charge in [0, 0.05) is 24.6 Å². The van der Waals surface area contributed by atoms with Crippen molar-refractivity contribution in [3.63, 3.8) is 0 Å². The van der Waals surface area contributed by atoms with Gasteiger partial charge in [0.05, 0.1) is 11.2 Å². The van der Waals surface area contributed by atoms with E-state index in [0.717, 1.165) is 31.2 Å². The zero-order valence-corrected chi connectivity index (χ0v) is 15.9. The zero-order valence-electron chi connectivity index (χ0n) is 14.2. The Bertz CT molecular complexity index is 669.